The Morgan fingerprint density at radius 3 is 1.93 bits per heavy atom. The molecule has 2 unspecified atom stereocenters. The number of nitrogens with one attached hydrogen (secondary N) is 6. The maximum Gasteiger partial charge on any atom is 1.00 e. The van der Waals surface area contributed by atoms with Crippen molar-refractivity contribution in [3.63, 3.8) is 0 Å². The molecule has 0 saturated carbocycles. The van der Waals surface area contributed by atoms with Crippen LogP contribution in [-0.4, -0.2) is 309 Å². The van der Waals surface area contributed by atoms with E-state index in [0.717, 1.165) is 63.3 Å². The number of carboxylic acid groups (broad SMARTS) is 3. The molecule has 20 N–H and O–H groups in total. The average molecular weight is 1640 g/mol. The number of aromatic nitrogens is 1. The number of halogens is 2. The van der Waals surface area contributed by atoms with Crippen molar-refractivity contribution < 1.29 is 181 Å². The fraction of sp³-hybridized carbons (Fsp3) is 0.753. The van der Waals surface area contributed by atoms with Crippen LogP contribution in [0, 0.1) is 13.8 Å². The summed E-state index contributed by atoms with van der Waals surface area (Å²) in [6.45, 7) is 3.39. The Kier molecular flexibility index (Phi) is 44.5. The molecule has 0 aliphatic carbocycles. The summed E-state index contributed by atoms with van der Waals surface area (Å²) < 4.78 is 64.0. The van der Waals surface area contributed by atoms with E-state index in [9.17, 15) is 118 Å². The van der Waals surface area contributed by atoms with Crippen molar-refractivity contribution in [1.29, 1.82) is 0 Å². The zero-order valence-corrected chi connectivity index (χ0v) is 67.4. The molecule has 4 aliphatic rings. The molecule has 3 fully saturated rings. The van der Waals surface area contributed by atoms with E-state index in [-0.39, 0.29) is 81.0 Å². The first-order valence-corrected chi connectivity index (χ1v) is 38.6. The summed E-state index contributed by atoms with van der Waals surface area (Å²) in [5.74, 6) is -12.8. The molecule has 4 aliphatic heterocycles. The van der Waals surface area contributed by atoms with E-state index in [1.807, 2.05) is 0 Å². The molecule has 1 aromatic heterocycles. The summed E-state index contributed by atoms with van der Waals surface area (Å²) in [5.41, 5.74) is 1.86. The topological polar surface area (TPSA) is 582 Å². The first kappa shape index (κ1) is 100. The van der Waals surface area contributed by atoms with Crippen LogP contribution in [0.5, 0.6) is 0 Å². The van der Waals surface area contributed by atoms with Gasteiger partial charge in [-0.1, -0.05) is 89.4 Å². The quantitative estimate of drug-likeness (QED) is 0.0165. The third-order valence-electron chi connectivity index (χ3n) is 20.0. The minimum Gasteiger partial charge on any atom is -0.481 e. The van der Waals surface area contributed by atoms with Gasteiger partial charge in [-0.05, 0) is 82.9 Å². The summed E-state index contributed by atoms with van der Waals surface area (Å²) in [6, 6.07) is -6.48. The number of rotatable bonds is 52. The SMILES string of the molecule is CCCCCCCCCCCCC/C=C/C(O)[C@H](CO[C@@H]1O[C@H](CO)[C@@H](O[C@@H]2O[C@H](CO)[C@H](O)[C@H](O[C@@]3(C(=O)O)C[C@H](O)[C@@H](NC(C)=O)[C@H]([C@H](O)[C@H](O)CO)O3)[C@H]2O)[C@H](O)[C@H]1O)NC(=O)[C@H](CCCCNC(=O)CC[C@H](NC(=O)[C@H](CCC(=O)O)NC(C)=O)C(=O)O)NC(=O)CCC1=NC(Cc2c(C)cc(C)n2B(F)F)C=C1.[Na+]. The first-order chi connectivity index (χ1) is 53.6. The van der Waals surface area contributed by atoms with E-state index in [4.69, 9.17) is 33.5 Å². The maximum atomic E-state index is 14.8. The van der Waals surface area contributed by atoms with Gasteiger partial charge in [0.1, 0.15) is 85.3 Å². The van der Waals surface area contributed by atoms with Gasteiger partial charge in [0, 0.05) is 69.6 Å². The number of nitrogens with zero attached hydrogens (tertiary/aromatic N) is 2. The third-order valence-corrected chi connectivity index (χ3v) is 20.0. The zero-order chi connectivity index (χ0) is 83.8. The van der Waals surface area contributed by atoms with E-state index in [0.29, 0.717) is 29.1 Å². The van der Waals surface area contributed by atoms with Crippen molar-refractivity contribution in [2.45, 2.75) is 316 Å². The predicted octanol–water partition coefficient (Wildman–Crippen LogP) is -5.01. The molecule has 37 nitrogen and oxygen atoms in total. The van der Waals surface area contributed by atoms with Crippen molar-refractivity contribution in [2.24, 2.45) is 4.99 Å². The largest absolute Gasteiger partial charge is 1.00 e. The molecular weight excluding hydrogens is 1520 g/mol. The van der Waals surface area contributed by atoms with Crippen LogP contribution in [0.15, 0.2) is 35.4 Å². The van der Waals surface area contributed by atoms with E-state index in [1.165, 1.54) is 31.8 Å². The van der Waals surface area contributed by atoms with Gasteiger partial charge in [0.25, 0.3) is 5.79 Å². The Morgan fingerprint density at radius 1 is 0.711 bits per heavy atom. The summed E-state index contributed by atoms with van der Waals surface area (Å²) in [5, 5.41) is 166. The fourth-order valence-corrected chi connectivity index (χ4v) is 13.8. The smallest absolute Gasteiger partial charge is 0.481 e. The van der Waals surface area contributed by atoms with Crippen LogP contribution in [0.4, 0.5) is 8.63 Å². The molecule has 0 spiro atoms. The zero-order valence-electron chi connectivity index (χ0n) is 65.4. The molecule has 3 saturated heterocycles. The van der Waals surface area contributed by atoms with Crippen LogP contribution in [0.3, 0.4) is 0 Å². The van der Waals surface area contributed by atoms with E-state index < -0.39 is 247 Å². The number of aryl methyl sites for hydroxylation is 2. The van der Waals surface area contributed by atoms with Crippen LogP contribution in [0.25, 0.3) is 0 Å². The monoisotopic (exact) mass is 1640 g/mol. The number of aliphatic hydroxyl groups is 11. The van der Waals surface area contributed by atoms with E-state index in [2.05, 4.69) is 43.8 Å². The molecule has 22 atom stereocenters. The van der Waals surface area contributed by atoms with Crippen LogP contribution in [-0.2, 0) is 78.0 Å². The standard InChI is InChI=1S/C73H117BF2N8O29.Na/c1-6-7-8-9-10-11-12-13-14-15-16-17-18-22-50(90)48(38-108-70-62(100)61(99)64(54(37-87)110-70)111-71-63(101)66(60(98)53(36-86)109-71)113-73(72(106)107)34-51(91)58(79-42(5)89)65(112-73)59(97)52(92)35-85)83-67(102)45(81-56(94)28-25-43-23-24-44(80-43)33-49-39(2)32-40(3)84(49)74(75)76)21-19-20-31-77-55(93)29-26-47(69(104)105)82-68(103)46(78-41(4)88)27-30-57(95)96;/h18,22-24,32,44-48,50-54,58-66,70-71,85-87,90-92,97-101H,6-17,19-21,25-31,33-38H2,1-5H3,(H,77,93)(H,78,88)(H,79,89)(H,81,94)(H,82,103)(H,83,102)(H,95,96)(H,104,105)(H,106,107);/q;+1/b22-18+;/t44?,45-,46-,47-,48-,50?,51-,52+,53+,54+,58+,59+,60-,61+,62+,63+,64+,65+,66-,70+,71-,73+;/m0./s1. The Labute approximate surface area is 682 Å². The van der Waals surface area contributed by atoms with Gasteiger partial charge >= 0.3 is 54.9 Å². The minimum atomic E-state index is -3.19. The summed E-state index contributed by atoms with van der Waals surface area (Å²) in [6.07, 6.45) is -15.1. The Balaban J connectivity index is 0.0000274. The number of hydrogen-bond acceptors (Lipinski definition) is 27. The van der Waals surface area contributed by atoms with Gasteiger partial charge in [0.2, 0.25) is 35.4 Å². The van der Waals surface area contributed by atoms with Gasteiger partial charge in [-0.25, -0.2) is 9.59 Å². The minimum absolute atomic E-state index is 0. The Hall–Kier alpha value is -6.10. The fourth-order valence-electron chi connectivity index (χ4n) is 13.8. The van der Waals surface area contributed by atoms with Gasteiger partial charge < -0.3 is 136 Å². The molecule has 5 heterocycles. The number of amides is 6. The first-order valence-electron chi connectivity index (χ1n) is 38.6. The number of carbonyl (C=O) groups is 9. The van der Waals surface area contributed by atoms with Crippen molar-refractivity contribution >= 4 is 66.5 Å². The number of unbranched alkanes of at least 4 members (excludes halogenated alkanes) is 12. The molecule has 640 valence electrons. The second kappa shape index (κ2) is 50.6. The molecule has 114 heavy (non-hydrogen) atoms. The van der Waals surface area contributed by atoms with Crippen LogP contribution >= 0.6 is 0 Å². The summed E-state index contributed by atoms with van der Waals surface area (Å²) >= 11 is 0. The van der Waals surface area contributed by atoms with Crippen molar-refractivity contribution in [3.05, 3.63) is 47.3 Å². The Morgan fingerprint density at radius 2 is 1.33 bits per heavy atom. The number of aliphatic hydroxyl groups excluding tert-OH is 11. The summed E-state index contributed by atoms with van der Waals surface area (Å²) in [4.78, 5) is 120. The number of ether oxygens (including phenoxy) is 6. The maximum absolute atomic E-state index is 14.8. The molecule has 0 aromatic carbocycles. The van der Waals surface area contributed by atoms with Crippen LogP contribution in [0.1, 0.15) is 179 Å². The Bertz CT molecular complexity index is 3310. The van der Waals surface area contributed by atoms with E-state index in [1.54, 1.807) is 38.1 Å². The van der Waals surface area contributed by atoms with Gasteiger partial charge in [0.15, 0.2) is 12.6 Å². The van der Waals surface area contributed by atoms with Crippen LogP contribution in [0.2, 0.25) is 0 Å². The molecule has 5 rings (SSSR count). The molecule has 0 radical (unpaired) electrons. The third kappa shape index (κ3) is 31.3. The second-order valence-electron chi connectivity index (χ2n) is 29.1. The molecule has 1 aromatic rings. The molecule has 0 bridgehead atoms. The number of carbonyl (C=O) groups excluding carboxylic acids is 6. The molecule has 41 heteroatoms. The average Bonchev–Trinajstić information content (AvgIpc) is 0.905. The number of allylic oxidation sites excluding steroid dienone is 2. The van der Waals surface area contributed by atoms with E-state index >= 15 is 0 Å². The van der Waals surface area contributed by atoms with Gasteiger partial charge in [-0.15, -0.1) is 0 Å². The molecule has 6 amide bonds. The van der Waals surface area contributed by atoms with Gasteiger partial charge in [-0.2, -0.15) is 0 Å². The van der Waals surface area contributed by atoms with Crippen molar-refractivity contribution in [3.8, 4) is 0 Å². The number of hydrogen-bond donors (Lipinski definition) is 20. The van der Waals surface area contributed by atoms with Crippen molar-refractivity contribution in [1.82, 2.24) is 36.4 Å². The van der Waals surface area contributed by atoms with Gasteiger partial charge in [-0.3, -0.25) is 47.2 Å². The van der Waals surface area contributed by atoms with Crippen LogP contribution < -0.4 is 61.5 Å². The number of aliphatic carboxylic acids is 3. The van der Waals surface area contributed by atoms with Gasteiger partial charge in [0.05, 0.1) is 56.8 Å². The second-order valence-corrected chi connectivity index (χ2v) is 29.1. The summed E-state index contributed by atoms with van der Waals surface area (Å²) in [7, 11) is -2.80. The number of carboxylic acids is 3. The normalized spacial score (nSPS) is 26.7. The van der Waals surface area contributed by atoms with Crippen molar-refractivity contribution in [2.75, 3.05) is 33.0 Å². The molecular formula is C73H117BF2N8NaO29+. The predicted molar refractivity (Wildman–Crippen MR) is 395 cm³/mol. The number of aliphatic imine (C=N–C) groups is 1.